The Morgan fingerprint density at radius 3 is 1.27 bits per heavy atom. The SMILES string of the molecule is CC(C)(C)c1ccc(-c2nc(NCCCc3ccccc3)n3[nH]c(=O)c(Cc4cnc[nH]4)c3n2)cc1.Cc1ccc(Cc2c(=O)[nH]n3c(NCCCN(C)C)nc(-c4ccc(C(C)(C)C)cc4)nc23)cn1.Cc1ccc(Cc2c(=O)[nH]n3c(NCCCN4CCc5ccccc5C4)nc(-c4ccc(C(C)(C)C)cc4)nc23)cn1. The molecule has 1 aliphatic heterocycles. The van der Waals surface area contributed by atoms with Crippen LogP contribution in [0.5, 0.6) is 0 Å². The number of imidazole rings is 1. The van der Waals surface area contributed by atoms with Crippen LogP contribution >= 0.6 is 0 Å². The normalized spacial score (nSPS) is 12.6. The lowest BCUT2D eigenvalue weighted by molar-refractivity contribution is 0.253. The topological polar surface area (TPSA) is 286 Å². The van der Waals surface area contributed by atoms with E-state index in [4.69, 9.17) is 29.9 Å². The molecule has 24 heteroatoms. The van der Waals surface area contributed by atoms with Crippen LogP contribution in [0.2, 0.25) is 0 Å². The first-order chi connectivity index (χ1) is 54.2. The fourth-order valence-electron chi connectivity index (χ4n) is 13.8. The maximum Gasteiger partial charge on any atom is 0.270 e. The predicted octanol–water partition coefficient (Wildman–Crippen LogP) is 14.3. The molecule has 7 N–H and O–H groups in total. The van der Waals surface area contributed by atoms with Crippen LogP contribution in [0.1, 0.15) is 160 Å². The zero-order valence-electron chi connectivity index (χ0n) is 67.3. The average Bonchev–Trinajstić information content (AvgIpc) is 1.65. The number of benzene rings is 5. The fraction of sp³-hybridized carbons (Fsp3) is 0.348. The highest BCUT2D eigenvalue weighted by molar-refractivity contribution is 5.66. The summed E-state index contributed by atoms with van der Waals surface area (Å²) in [6, 6.07) is 52.1. The molecule has 9 aromatic heterocycles. The van der Waals surface area contributed by atoms with Gasteiger partial charge in [0.15, 0.2) is 34.4 Å². The lowest BCUT2D eigenvalue weighted by atomic mass is 9.86. The standard InChI is InChI=1S/C34H39N7O.C28H31N7O.C27H35N7O/c1-23-10-11-24(21-36-23)20-29-31-37-30(26-12-14-28(15-13-26)34(2,3)4)38-33(41(31)39-32(29)42)35-17-7-18-40-19-16-25-8-5-6-9-27(25)22-40;1-28(2,3)21-13-11-20(12-14-21)24-32-25-23(16-22-17-29-18-31-22)26(36)34-35(25)27(33-24)30-15-7-10-19-8-5-4-6-9-19;1-18-8-9-19(17-29-18)16-22-24-30-23(20-10-12-21(13-11-20)27(2,3)4)31-26(34(24)32-25(22)35)28-14-7-15-33(5)6/h5-6,8-15,21H,7,16-20,22H2,1-4H3,(H,39,42)(H,35,37,38);4-6,8-9,11-14,17-18H,7,10,15-16H2,1-3H3,(H,29,31)(H,34,36)(H,30,32,33);8-13,17H,7,14-16H2,1-6H3,(H,32,35)(H,28,30,31). The minimum Gasteiger partial charge on any atom is -0.354 e. The molecule has 0 amide bonds. The lowest BCUT2D eigenvalue weighted by Gasteiger charge is -2.28. The number of hydrogen-bond donors (Lipinski definition) is 7. The highest BCUT2D eigenvalue weighted by Gasteiger charge is 2.25. The van der Waals surface area contributed by atoms with Crippen molar-refractivity contribution in [3.63, 3.8) is 0 Å². The van der Waals surface area contributed by atoms with Gasteiger partial charge in [0.05, 0.1) is 23.0 Å². The number of H-pyrrole nitrogens is 4. The predicted molar refractivity (Wildman–Crippen MR) is 452 cm³/mol. The maximum absolute atomic E-state index is 13.2. The van der Waals surface area contributed by atoms with Crippen LogP contribution in [0.15, 0.2) is 191 Å². The molecule has 0 saturated carbocycles. The number of hydrogen-bond acceptors (Lipinski definition) is 17. The third-order valence-corrected chi connectivity index (χ3v) is 20.4. The molecular formula is C89H105N21O3. The largest absolute Gasteiger partial charge is 0.354 e. The van der Waals surface area contributed by atoms with E-state index in [0.717, 1.165) is 116 Å². The summed E-state index contributed by atoms with van der Waals surface area (Å²) in [5.74, 6) is 3.48. The number of aromatic nitrogens is 16. The number of fused-ring (bicyclic) bond motifs is 4. The quantitative estimate of drug-likeness (QED) is 0.0277. The third-order valence-electron chi connectivity index (χ3n) is 20.4. The second-order valence-electron chi connectivity index (χ2n) is 32.7. The van der Waals surface area contributed by atoms with E-state index in [1.54, 1.807) is 26.1 Å². The summed E-state index contributed by atoms with van der Waals surface area (Å²) in [4.78, 5) is 88.8. The van der Waals surface area contributed by atoms with Gasteiger partial charge < -0.3 is 25.8 Å². The molecule has 0 unspecified atom stereocenters. The van der Waals surface area contributed by atoms with E-state index >= 15 is 0 Å². The number of aryl methyl sites for hydroxylation is 3. The number of pyridine rings is 2. The summed E-state index contributed by atoms with van der Waals surface area (Å²) in [6.45, 7) is 29.8. The van der Waals surface area contributed by atoms with E-state index in [9.17, 15) is 14.4 Å². The minimum absolute atomic E-state index is 0.0513. The van der Waals surface area contributed by atoms with Crippen molar-refractivity contribution < 1.29 is 0 Å². The van der Waals surface area contributed by atoms with Crippen molar-refractivity contribution in [2.75, 3.05) is 69.3 Å². The zero-order chi connectivity index (χ0) is 79.6. The van der Waals surface area contributed by atoms with Crippen LogP contribution < -0.4 is 32.6 Å². The van der Waals surface area contributed by atoms with Crippen molar-refractivity contribution in [3.8, 4) is 34.2 Å². The Bertz CT molecular complexity index is 5700. The second-order valence-corrected chi connectivity index (χ2v) is 32.7. The Balaban J connectivity index is 0.000000149. The van der Waals surface area contributed by atoms with E-state index in [-0.39, 0.29) is 32.9 Å². The molecule has 1 aliphatic rings. The van der Waals surface area contributed by atoms with Crippen LogP contribution in [0.3, 0.4) is 0 Å². The second kappa shape index (κ2) is 34.7. The van der Waals surface area contributed by atoms with E-state index in [0.29, 0.717) is 94.8 Å². The molecule has 0 saturated heterocycles. The van der Waals surface area contributed by atoms with Crippen molar-refractivity contribution in [2.24, 2.45) is 0 Å². The average molecular weight is 1520 g/mol. The number of aromatic amines is 4. The Kier molecular flexibility index (Phi) is 24.3. The summed E-state index contributed by atoms with van der Waals surface area (Å²) in [6.07, 6.45) is 13.1. The summed E-state index contributed by atoms with van der Waals surface area (Å²) in [5.41, 5.74) is 18.4. The molecule has 10 heterocycles. The van der Waals surface area contributed by atoms with Crippen molar-refractivity contribution in [1.29, 1.82) is 0 Å². The Hall–Kier alpha value is -12.0. The number of rotatable bonds is 24. The molecule has 14 aromatic rings. The Morgan fingerprint density at radius 2 is 0.858 bits per heavy atom. The highest BCUT2D eigenvalue weighted by atomic mass is 16.1. The summed E-state index contributed by atoms with van der Waals surface area (Å²) >= 11 is 0. The maximum atomic E-state index is 13.2. The van der Waals surface area contributed by atoms with Gasteiger partial charge in [0.1, 0.15) is 0 Å². The first-order valence-corrected chi connectivity index (χ1v) is 39.1. The van der Waals surface area contributed by atoms with Gasteiger partial charge >= 0.3 is 0 Å². The third kappa shape index (κ3) is 19.8. The fourth-order valence-corrected chi connectivity index (χ4v) is 13.8. The minimum atomic E-state index is -0.188. The number of nitrogens with zero attached hydrogens (tertiary/aromatic N) is 14. The Morgan fingerprint density at radius 1 is 0.442 bits per heavy atom. The van der Waals surface area contributed by atoms with Gasteiger partial charge in [0.2, 0.25) is 17.8 Å². The Labute approximate surface area is 659 Å². The van der Waals surface area contributed by atoms with Crippen LogP contribution in [0.25, 0.3) is 51.1 Å². The van der Waals surface area contributed by atoms with Gasteiger partial charge in [0.25, 0.3) is 16.7 Å². The molecule has 0 fully saturated rings. The highest BCUT2D eigenvalue weighted by Crippen LogP contribution is 2.31. The molecule has 24 nitrogen and oxygen atoms in total. The summed E-state index contributed by atoms with van der Waals surface area (Å²) in [7, 11) is 4.11. The van der Waals surface area contributed by atoms with E-state index in [2.05, 4.69) is 247 Å². The lowest BCUT2D eigenvalue weighted by Crippen LogP contribution is -2.32. The van der Waals surface area contributed by atoms with Crippen LogP contribution in [0, 0.1) is 13.8 Å². The monoisotopic (exact) mass is 1520 g/mol. The van der Waals surface area contributed by atoms with E-state index < -0.39 is 0 Å². The molecule has 5 aromatic carbocycles. The van der Waals surface area contributed by atoms with Crippen LogP contribution in [-0.2, 0) is 54.9 Å². The van der Waals surface area contributed by atoms with Crippen molar-refractivity contribution in [2.45, 2.75) is 150 Å². The molecule has 113 heavy (non-hydrogen) atoms. The molecule has 0 atom stereocenters. The van der Waals surface area contributed by atoms with Gasteiger partial charge in [0, 0.05) is 111 Å². The van der Waals surface area contributed by atoms with Gasteiger partial charge in [-0.05, 0) is 139 Å². The van der Waals surface area contributed by atoms with Gasteiger partial charge in [-0.15, -0.1) is 0 Å². The van der Waals surface area contributed by atoms with Crippen LogP contribution in [0.4, 0.5) is 17.8 Å². The van der Waals surface area contributed by atoms with Crippen molar-refractivity contribution in [3.05, 3.63) is 286 Å². The summed E-state index contributed by atoms with van der Waals surface area (Å²) < 4.78 is 5.02. The van der Waals surface area contributed by atoms with Crippen LogP contribution in [-0.4, -0.2) is 142 Å². The smallest absolute Gasteiger partial charge is 0.270 e. The molecule has 15 rings (SSSR count). The van der Waals surface area contributed by atoms with Gasteiger partial charge in [-0.2, -0.15) is 15.0 Å². The van der Waals surface area contributed by atoms with Crippen molar-refractivity contribution in [1.82, 2.24) is 88.5 Å². The molecule has 0 spiro atoms. The molecule has 0 radical (unpaired) electrons. The number of anilines is 3. The molecule has 584 valence electrons. The van der Waals surface area contributed by atoms with Gasteiger partial charge in [-0.1, -0.05) is 202 Å². The molecule has 0 aliphatic carbocycles. The molecule has 0 bridgehead atoms. The summed E-state index contributed by atoms with van der Waals surface area (Å²) in [5, 5.41) is 19.2. The first kappa shape index (κ1) is 79.1. The van der Waals surface area contributed by atoms with Gasteiger partial charge in [-0.25, -0.2) is 33.5 Å². The van der Waals surface area contributed by atoms with Crippen molar-refractivity contribution >= 4 is 34.8 Å². The number of nitrogens with one attached hydrogen (secondary N) is 7. The van der Waals surface area contributed by atoms with E-state index in [1.165, 1.54) is 33.4 Å². The zero-order valence-corrected chi connectivity index (χ0v) is 67.3. The first-order valence-electron chi connectivity index (χ1n) is 39.1. The molecular weight excluding hydrogens is 1410 g/mol. The van der Waals surface area contributed by atoms with Gasteiger partial charge in [-0.3, -0.25) is 44.5 Å². The van der Waals surface area contributed by atoms with E-state index in [1.807, 2.05) is 68.7 Å².